The van der Waals surface area contributed by atoms with Gasteiger partial charge < -0.3 is 15.8 Å². The number of hydrogen-bond acceptors (Lipinski definition) is 3. The van der Waals surface area contributed by atoms with Crippen molar-refractivity contribution >= 4 is 5.91 Å². The number of rotatable bonds is 2. The molecule has 2 saturated carbocycles. The second-order valence-electron chi connectivity index (χ2n) is 6.09. The van der Waals surface area contributed by atoms with Crippen LogP contribution in [0.2, 0.25) is 0 Å². The maximum Gasteiger partial charge on any atom is 0.223 e. The Morgan fingerprint density at radius 2 is 1.89 bits per heavy atom. The molecule has 3 fully saturated rings. The highest BCUT2D eigenvalue weighted by atomic mass is 16.5. The first-order valence-corrected chi connectivity index (χ1v) is 7.45. The Morgan fingerprint density at radius 3 is 2.67 bits per heavy atom. The molecule has 4 atom stereocenters. The van der Waals surface area contributed by atoms with E-state index in [4.69, 9.17) is 10.5 Å². The molecular formula is C14H24N2O2. The van der Waals surface area contributed by atoms with Crippen LogP contribution >= 0.6 is 0 Å². The summed E-state index contributed by atoms with van der Waals surface area (Å²) < 4.78 is 5.75. The largest absolute Gasteiger partial charge is 0.376 e. The number of nitrogens with two attached hydrogens (primary N) is 1. The zero-order valence-corrected chi connectivity index (χ0v) is 10.9. The number of nitrogens with one attached hydrogen (secondary N) is 1. The summed E-state index contributed by atoms with van der Waals surface area (Å²) in [6, 6.07) is 0.160. The van der Waals surface area contributed by atoms with Crippen LogP contribution < -0.4 is 11.1 Å². The van der Waals surface area contributed by atoms with E-state index in [1.165, 1.54) is 19.3 Å². The van der Waals surface area contributed by atoms with Crippen LogP contribution in [0.15, 0.2) is 0 Å². The summed E-state index contributed by atoms with van der Waals surface area (Å²) in [5.41, 5.74) is 6.16. The summed E-state index contributed by atoms with van der Waals surface area (Å²) in [4.78, 5) is 12.2. The number of fused-ring (bicyclic) bond motifs is 1. The number of ether oxygens (including phenoxy) is 1. The molecule has 0 aromatic heterocycles. The van der Waals surface area contributed by atoms with Gasteiger partial charge in [0, 0.05) is 24.5 Å². The summed E-state index contributed by atoms with van der Waals surface area (Å²) in [5.74, 6) is 0.895. The molecule has 18 heavy (non-hydrogen) atoms. The standard InChI is InChI=1S/C14H24N2O2/c15-11-10-7-4-8-18-13(10)12(11)16-14(17)9-5-2-1-3-6-9/h9-13H,1-8,15H2,(H,16,17). The summed E-state index contributed by atoms with van der Waals surface area (Å²) in [6.45, 7) is 0.823. The van der Waals surface area contributed by atoms with Crippen LogP contribution in [0.3, 0.4) is 0 Å². The minimum absolute atomic E-state index is 0.0599. The number of hydrogen-bond donors (Lipinski definition) is 2. The Morgan fingerprint density at radius 1 is 1.11 bits per heavy atom. The van der Waals surface area contributed by atoms with E-state index in [1.807, 2.05) is 0 Å². The van der Waals surface area contributed by atoms with E-state index in [2.05, 4.69) is 5.32 Å². The Balaban J connectivity index is 1.54. The van der Waals surface area contributed by atoms with Crippen LogP contribution in [-0.4, -0.2) is 30.7 Å². The van der Waals surface area contributed by atoms with Crippen molar-refractivity contribution in [2.75, 3.05) is 6.61 Å². The van der Waals surface area contributed by atoms with Crippen LogP contribution in [0.1, 0.15) is 44.9 Å². The molecule has 0 aromatic carbocycles. The van der Waals surface area contributed by atoms with E-state index in [0.717, 1.165) is 32.3 Å². The molecule has 3 rings (SSSR count). The Kier molecular flexibility index (Phi) is 3.57. The molecule has 1 saturated heterocycles. The average Bonchev–Trinajstić information content (AvgIpc) is 2.45. The topological polar surface area (TPSA) is 64.3 Å². The normalized spacial score (nSPS) is 40.7. The highest BCUT2D eigenvalue weighted by Gasteiger charge is 2.51. The molecule has 1 aliphatic heterocycles. The quantitative estimate of drug-likeness (QED) is 0.776. The van der Waals surface area contributed by atoms with Gasteiger partial charge >= 0.3 is 0 Å². The lowest BCUT2D eigenvalue weighted by Gasteiger charge is -2.52. The van der Waals surface area contributed by atoms with Crippen molar-refractivity contribution in [3.8, 4) is 0 Å². The lowest BCUT2D eigenvalue weighted by molar-refractivity contribution is -0.142. The van der Waals surface area contributed by atoms with Crippen molar-refractivity contribution in [3.05, 3.63) is 0 Å². The van der Waals surface area contributed by atoms with Gasteiger partial charge in [-0.05, 0) is 25.7 Å². The van der Waals surface area contributed by atoms with Crippen molar-refractivity contribution < 1.29 is 9.53 Å². The summed E-state index contributed by atoms with van der Waals surface area (Å²) >= 11 is 0. The van der Waals surface area contributed by atoms with Gasteiger partial charge in [0.25, 0.3) is 0 Å². The van der Waals surface area contributed by atoms with Crippen LogP contribution in [0.4, 0.5) is 0 Å². The Labute approximate surface area is 109 Å². The van der Waals surface area contributed by atoms with Crippen molar-refractivity contribution in [1.82, 2.24) is 5.32 Å². The van der Waals surface area contributed by atoms with Crippen molar-refractivity contribution in [2.45, 2.75) is 63.1 Å². The van der Waals surface area contributed by atoms with Gasteiger partial charge in [0.2, 0.25) is 5.91 Å². The van der Waals surface area contributed by atoms with Crippen molar-refractivity contribution in [1.29, 1.82) is 0 Å². The summed E-state index contributed by atoms with van der Waals surface area (Å²) in [7, 11) is 0. The lowest BCUT2D eigenvalue weighted by atomic mass is 9.68. The van der Waals surface area contributed by atoms with Gasteiger partial charge in [-0.1, -0.05) is 19.3 Å². The first kappa shape index (κ1) is 12.4. The van der Waals surface area contributed by atoms with E-state index < -0.39 is 0 Å². The van der Waals surface area contributed by atoms with Crippen LogP contribution in [-0.2, 0) is 9.53 Å². The highest BCUT2D eigenvalue weighted by Crippen LogP contribution is 2.37. The van der Waals surface area contributed by atoms with Gasteiger partial charge in [0.1, 0.15) is 0 Å². The minimum atomic E-state index is 0.0599. The zero-order valence-electron chi connectivity index (χ0n) is 10.9. The Bertz CT molecular complexity index is 315. The maximum absolute atomic E-state index is 12.2. The molecule has 0 bridgehead atoms. The first-order valence-electron chi connectivity index (χ1n) is 7.45. The van der Waals surface area contributed by atoms with E-state index in [9.17, 15) is 4.79 Å². The number of carbonyl (C=O) groups excluding carboxylic acids is 1. The second kappa shape index (κ2) is 5.17. The molecule has 1 heterocycles. The molecule has 2 aliphatic carbocycles. The average molecular weight is 252 g/mol. The molecule has 4 unspecified atom stereocenters. The van der Waals surface area contributed by atoms with Gasteiger partial charge in [-0.15, -0.1) is 0 Å². The van der Waals surface area contributed by atoms with Crippen LogP contribution in [0, 0.1) is 11.8 Å². The second-order valence-corrected chi connectivity index (χ2v) is 6.09. The molecule has 1 amide bonds. The third-order valence-corrected chi connectivity index (χ3v) is 4.96. The fourth-order valence-corrected chi connectivity index (χ4v) is 3.77. The number of carbonyl (C=O) groups is 1. The molecule has 4 heteroatoms. The minimum Gasteiger partial charge on any atom is -0.376 e. The van der Waals surface area contributed by atoms with Crippen molar-refractivity contribution in [3.63, 3.8) is 0 Å². The fourth-order valence-electron chi connectivity index (χ4n) is 3.77. The summed E-state index contributed by atoms with van der Waals surface area (Å²) in [6.07, 6.45) is 8.20. The smallest absolute Gasteiger partial charge is 0.223 e. The van der Waals surface area contributed by atoms with Crippen LogP contribution in [0.25, 0.3) is 0 Å². The van der Waals surface area contributed by atoms with Gasteiger partial charge in [-0.3, -0.25) is 4.79 Å². The SMILES string of the molecule is NC1C2CCCOC2C1NC(=O)C1CCCCC1. The van der Waals surface area contributed by atoms with Gasteiger partial charge in [0.15, 0.2) is 0 Å². The molecule has 0 aromatic rings. The van der Waals surface area contributed by atoms with E-state index in [-0.39, 0.29) is 30.0 Å². The zero-order chi connectivity index (χ0) is 12.5. The van der Waals surface area contributed by atoms with E-state index >= 15 is 0 Å². The van der Waals surface area contributed by atoms with Gasteiger partial charge in [-0.25, -0.2) is 0 Å². The predicted octanol–water partition coefficient (Wildman–Crippen LogP) is 1.19. The van der Waals surface area contributed by atoms with Crippen molar-refractivity contribution in [2.24, 2.45) is 17.6 Å². The molecule has 3 aliphatic rings. The monoisotopic (exact) mass is 252 g/mol. The maximum atomic E-state index is 12.2. The third-order valence-electron chi connectivity index (χ3n) is 4.96. The molecule has 4 nitrogen and oxygen atoms in total. The highest BCUT2D eigenvalue weighted by molar-refractivity contribution is 5.79. The molecule has 3 N–H and O–H groups in total. The van der Waals surface area contributed by atoms with Crippen LogP contribution in [0.5, 0.6) is 0 Å². The molecule has 0 spiro atoms. The third kappa shape index (κ3) is 2.16. The molecule has 0 radical (unpaired) electrons. The predicted molar refractivity (Wildman–Crippen MR) is 68.9 cm³/mol. The Hall–Kier alpha value is -0.610. The lowest BCUT2D eigenvalue weighted by Crippen LogP contribution is -2.72. The number of amides is 1. The van der Waals surface area contributed by atoms with Gasteiger partial charge in [-0.2, -0.15) is 0 Å². The van der Waals surface area contributed by atoms with Gasteiger partial charge in [0.05, 0.1) is 12.1 Å². The van der Waals surface area contributed by atoms with E-state index in [0.29, 0.717) is 5.92 Å². The summed E-state index contributed by atoms with van der Waals surface area (Å²) in [5, 5.41) is 3.15. The fraction of sp³-hybridized carbons (Fsp3) is 0.929. The first-order chi connectivity index (χ1) is 8.77. The molecule has 102 valence electrons. The van der Waals surface area contributed by atoms with E-state index in [1.54, 1.807) is 0 Å². The molecular weight excluding hydrogens is 228 g/mol.